The summed E-state index contributed by atoms with van der Waals surface area (Å²) in [5.74, 6) is 1.62. The lowest BCUT2D eigenvalue weighted by Crippen LogP contribution is -2.38. The molecule has 4 nitrogen and oxygen atoms in total. The molecule has 2 atom stereocenters. The Morgan fingerprint density at radius 2 is 1.73 bits per heavy atom. The predicted octanol–water partition coefficient (Wildman–Crippen LogP) is 2.00. The van der Waals surface area contributed by atoms with Gasteiger partial charge in [0.2, 0.25) is 5.91 Å². The number of likely N-dealkylation sites (tertiary alicyclic amines) is 1. The number of piperidine rings is 1. The maximum absolute atomic E-state index is 11.4. The SMILES string of the molecule is CNCC(=O)NCc1ccc(CN2CC(C)CC(C)C2)cc1. The third-order valence-electron chi connectivity index (χ3n) is 4.20. The van der Waals surface area contributed by atoms with Gasteiger partial charge >= 0.3 is 0 Å². The molecule has 1 aliphatic rings. The van der Waals surface area contributed by atoms with Crippen molar-refractivity contribution in [1.82, 2.24) is 15.5 Å². The first-order valence-electron chi connectivity index (χ1n) is 8.28. The Bertz CT molecular complexity index is 462. The van der Waals surface area contributed by atoms with Gasteiger partial charge in [-0.3, -0.25) is 9.69 Å². The zero-order valence-electron chi connectivity index (χ0n) is 14.1. The fourth-order valence-corrected chi connectivity index (χ4v) is 3.37. The fraction of sp³-hybridized carbons (Fsp3) is 0.611. The molecule has 0 saturated carbocycles. The average Bonchev–Trinajstić information content (AvgIpc) is 2.46. The number of nitrogens with one attached hydrogen (secondary N) is 2. The molecule has 0 radical (unpaired) electrons. The molecule has 2 N–H and O–H groups in total. The van der Waals surface area contributed by atoms with Crippen molar-refractivity contribution in [2.75, 3.05) is 26.7 Å². The Kier molecular flexibility index (Phi) is 6.40. The van der Waals surface area contributed by atoms with Gasteiger partial charge in [0, 0.05) is 26.2 Å². The Morgan fingerprint density at radius 1 is 1.14 bits per heavy atom. The number of carbonyl (C=O) groups is 1. The highest BCUT2D eigenvalue weighted by molar-refractivity contribution is 5.77. The highest BCUT2D eigenvalue weighted by Crippen LogP contribution is 2.22. The highest BCUT2D eigenvalue weighted by Gasteiger charge is 2.21. The molecular formula is C18H29N3O. The average molecular weight is 303 g/mol. The van der Waals surface area contributed by atoms with E-state index in [1.807, 2.05) is 0 Å². The summed E-state index contributed by atoms with van der Waals surface area (Å²) in [6.07, 6.45) is 1.35. The minimum Gasteiger partial charge on any atom is -0.351 e. The number of likely N-dealkylation sites (N-methyl/N-ethyl adjacent to an activating group) is 1. The van der Waals surface area contributed by atoms with Crippen molar-refractivity contribution < 1.29 is 4.79 Å². The van der Waals surface area contributed by atoms with Gasteiger partial charge in [-0.1, -0.05) is 38.1 Å². The summed E-state index contributed by atoms with van der Waals surface area (Å²) in [5, 5.41) is 5.75. The third-order valence-corrected chi connectivity index (χ3v) is 4.20. The number of hydrogen-bond acceptors (Lipinski definition) is 3. The fourth-order valence-electron chi connectivity index (χ4n) is 3.37. The summed E-state index contributed by atoms with van der Waals surface area (Å²) >= 11 is 0. The Labute approximate surface area is 134 Å². The van der Waals surface area contributed by atoms with E-state index in [1.54, 1.807) is 7.05 Å². The van der Waals surface area contributed by atoms with Crippen LogP contribution in [0.5, 0.6) is 0 Å². The molecule has 1 aliphatic heterocycles. The molecular weight excluding hydrogens is 274 g/mol. The second kappa shape index (κ2) is 8.30. The van der Waals surface area contributed by atoms with Crippen LogP contribution in [0.1, 0.15) is 31.4 Å². The van der Waals surface area contributed by atoms with E-state index in [-0.39, 0.29) is 5.91 Å². The van der Waals surface area contributed by atoms with Crippen LogP contribution in [-0.2, 0) is 17.9 Å². The zero-order chi connectivity index (χ0) is 15.9. The van der Waals surface area contributed by atoms with Gasteiger partial charge in [0.25, 0.3) is 0 Å². The minimum atomic E-state index is 0.0304. The molecule has 1 amide bonds. The quantitative estimate of drug-likeness (QED) is 0.845. The topological polar surface area (TPSA) is 44.4 Å². The largest absolute Gasteiger partial charge is 0.351 e. The highest BCUT2D eigenvalue weighted by atomic mass is 16.1. The first-order chi connectivity index (χ1) is 10.6. The molecule has 1 aromatic carbocycles. The van der Waals surface area contributed by atoms with Crippen LogP contribution < -0.4 is 10.6 Å². The van der Waals surface area contributed by atoms with Gasteiger partial charge in [-0.25, -0.2) is 0 Å². The number of nitrogens with zero attached hydrogens (tertiary/aromatic N) is 1. The van der Waals surface area contributed by atoms with Crippen LogP contribution in [0.3, 0.4) is 0 Å². The monoisotopic (exact) mass is 303 g/mol. The Hall–Kier alpha value is -1.39. The van der Waals surface area contributed by atoms with Crippen molar-refractivity contribution in [3.8, 4) is 0 Å². The summed E-state index contributed by atoms with van der Waals surface area (Å²) in [6.45, 7) is 9.08. The van der Waals surface area contributed by atoms with Gasteiger partial charge in [0.15, 0.2) is 0 Å². The number of benzene rings is 1. The predicted molar refractivity (Wildman–Crippen MR) is 90.4 cm³/mol. The molecule has 4 heteroatoms. The molecule has 1 saturated heterocycles. The van der Waals surface area contributed by atoms with Crippen LogP contribution in [0.4, 0.5) is 0 Å². The number of carbonyl (C=O) groups excluding carboxylic acids is 1. The van der Waals surface area contributed by atoms with Crippen LogP contribution in [0.2, 0.25) is 0 Å². The molecule has 1 aromatic rings. The Balaban J connectivity index is 1.82. The van der Waals surface area contributed by atoms with Crippen LogP contribution in [0.15, 0.2) is 24.3 Å². The number of rotatable bonds is 6. The van der Waals surface area contributed by atoms with E-state index in [9.17, 15) is 4.79 Å². The first-order valence-corrected chi connectivity index (χ1v) is 8.28. The molecule has 2 unspecified atom stereocenters. The van der Waals surface area contributed by atoms with E-state index >= 15 is 0 Å². The molecule has 1 fully saturated rings. The van der Waals surface area contributed by atoms with E-state index in [0.717, 1.165) is 23.9 Å². The van der Waals surface area contributed by atoms with Gasteiger partial charge in [-0.05, 0) is 36.4 Å². The van der Waals surface area contributed by atoms with Crippen LogP contribution >= 0.6 is 0 Å². The molecule has 122 valence electrons. The third kappa shape index (κ3) is 5.43. The van der Waals surface area contributed by atoms with E-state index in [4.69, 9.17) is 0 Å². The maximum atomic E-state index is 11.4. The van der Waals surface area contributed by atoms with Gasteiger partial charge < -0.3 is 10.6 Å². The van der Waals surface area contributed by atoms with Gasteiger partial charge in [-0.15, -0.1) is 0 Å². The summed E-state index contributed by atoms with van der Waals surface area (Å²) < 4.78 is 0. The molecule has 0 spiro atoms. The van der Waals surface area contributed by atoms with E-state index in [2.05, 4.69) is 53.6 Å². The van der Waals surface area contributed by atoms with Crippen molar-refractivity contribution in [3.63, 3.8) is 0 Å². The summed E-state index contributed by atoms with van der Waals surface area (Å²) in [5.41, 5.74) is 2.50. The maximum Gasteiger partial charge on any atom is 0.234 e. The normalized spacial score (nSPS) is 22.5. The van der Waals surface area contributed by atoms with Gasteiger partial charge in [0.1, 0.15) is 0 Å². The molecule has 2 rings (SSSR count). The van der Waals surface area contributed by atoms with Crippen molar-refractivity contribution in [2.45, 2.75) is 33.4 Å². The second-order valence-corrected chi connectivity index (χ2v) is 6.76. The lowest BCUT2D eigenvalue weighted by Gasteiger charge is -2.35. The lowest BCUT2D eigenvalue weighted by molar-refractivity contribution is -0.120. The standard InChI is InChI=1S/C18H29N3O/c1-14-8-15(2)12-21(11-14)13-17-6-4-16(5-7-17)9-20-18(22)10-19-3/h4-7,14-15,19H,8-13H2,1-3H3,(H,20,22). The summed E-state index contributed by atoms with van der Waals surface area (Å²) in [6, 6.07) is 8.60. The molecule has 0 aliphatic carbocycles. The minimum absolute atomic E-state index is 0.0304. The smallest absolute Gasteiger partial charge is 0.234 e. The molecule has 1 heterocycles. The van der Waals surface area contributed by atoms with Crippen LogP contribution in [-0.4, -0.2) is 37.5 Å². The van der Waals surface area contributed by atoms with Crippen molar-refractivity contribution in [1.29, 1.82) is 0 Å². The van der Waals surface area contributed by atoms with Crippen LogP contribution in [0, 0.1) is 11.8 Å². The first kappa shape index (κ1) is 17.0. The van der Waals surface area contributed by atoms with Crippen LogP contribution in [0.25, 0.3) is 0 Å². The molecule has 0 bridgehead atoms. The lowest BCUT2D eigenvalue weighted by atomic mass is 9.91. The zero-order valence-corrected chi connectivity index (χ0v) is 14.1. The number of hydrogen-bond donors (Lipinski definition) is 2. The second-order valence-electron chi connectivity index (χ2n) is 6.76. The van der Waals surface area contributed by atoms with Crippen molar-refractivity contribution in [3.05, 3.63) is 35.4 Å². The summed E-state index contributed by atoms with van der Waals surface area (Å²) in [4.78, 5) is 14.0. The van der Waals surface area contributed by atoms with Gasteiger partial charge in [-0.2, -0.15) is 0 Å². The molecule has 0 aromatic heterocycles. The molecule has 22 heavy (non-hydrogen) atoms. The number of amides is 1. The van der Waals surface area contributed by atoms with E-state index < -0.39 is 0 Å². The van der Waals surface area contributed by atoms with Crippen molar-refractivity contribution in [2.24, 2.45) is 11.8 Å². The van der Waals surface area contributed by atoms with E-state index in [1.165, 1.54) is 25.1 Å². The van der Waals surface area contributed by atoms with Gasteiger partial charge in [0.05, 0.1) is 6.54 Å². The summed E-state index contributed by atoms with van der Waals surface area (Å²) in [7, 11) is 1.77. The van der Waals surface area contributed by atoms with E-state index in [0.29, 0.717) is 13.1 Å². The Morgan fingerprint density at radius 3 is 2.32 bits per heavy atom. The van der Waals surface area contributed by atoms with Crippen molar-refractivity contribution >= 4 is 5.91 Å².